The molecule has 1 fully saturated rings. The fourth-order valence-electron chi connectivity index (χ4n) is 3.22. The molecule has 1 aromatic carbocycles. The molecule has 100 valence electrons. The predicted molar refractivity (Wildman–Crippen MR) is 75.9 cm³/mol. The summed E-state index contributed by atoms with van der Waals surface area (Å²) < 4.78 is 5.47. The third-order valence-corrected chi connectivity index (χ3v) is 4.29. The van der Waals surface area contributed by atoms with E-state index in [2.05, 4.69) is 25.1 Å². The van der Waals surface area contributed by atoms with Crippen molar-refractivity contribution in [1.29, 1.82) is 0 Å². The van der Waals surface area contributed by atoms with Gasteiger partial charge in [0.15, 0.2) is 0 Å². The first kappa shape index (κ1) is 13.4. The van der Waals surface area contributed by atoms with Crippen molar-refractivity contribution in [1.82, 2.24) is 0 Å². The quantitative estimate of drug-likeness (QED) is 0.866. The Bertz CT molecular complexity index is 383. The molecule has 0 aliphatic heterocycles. The number of benzene rings is 1. The Morgan fingerprint density at radius 1 is 1.33 bits per heavy atom. The maximum absolute atomic E-state index is 5.99. The van der Waals surface area contributed by atoms with Crippen LogP contribution < -0.4 is 10.5 Å². The third kappa shape index (κ3) is 3.05. The molecule has 0 heterocycles. The molecule has 2 N–H and O–H groups in total. The molecule has 0 radical (unpaired) electrons. The zero-order valence-electron chi connectivity index (χ0n) is 11.6. The lowest BCUT2D eigenvalue weighted by Gasteiger charge is -2.23. The van der Waals surface area contributed by atoms with Gasteiger partial charge in [-0.2, -0.15) is 0 Å². The van der Waals surface area contributed by atoms with Crippen LogP contribution in [0.15, 0.2) is 18.2 Å². The lowest BCUT2D eigenvalue weighted by Crippen LogP contribution is -2.24. The first-order valence-corrected chi connectivity index (χ1v) is 7.08. The summed E-state index contributed by atoms with van der Waals surface area (Å²) in [4.78, 5) is 0. The average Bonchev–Trinajstić information content (AvgIpc) is 2.90. The van der Waals surface area contributed by atoms with E-state index in [1.165, 1.54) is 36.8 Å². The zero-order chi connectivity index (χ0) is 13.0. The molecule has 1 atom stereocenters. The van der Waals surface area contributed by atoms with Crippen LogP contribution in [0.2, 0.25) is 0 Å². The van der Waals surface area contributed by atoms with Crippen molar-refractivity contribution in [2.45, 2.75) is 39.0 Å². The van der Waals surface area contributed by atoms with Crippen LogP contribution in [0.25, 0.3) is 0 Å². The Morgan fingerprint density at radius 2 is 2.06 bits per heavy atom. The van der Waals surface area contributed by atoms with E-state index in [0.717, 1.165) is 24.6 Å². The Hall–Kier alpha value is -1.02. The van der Waals surface area contributed by atoms with Gasteiger partial charge in [-0.3, -0.25) is 0 Å². The molecule has 1 aromatic rings. The van der Waals surface area contributed by atoms with Gasteiger partial charge in [0.25, 0.3) is 0 Å². The summed E-state index contributed by atoms with van der Waals surface area (Å²) in [5, 5.41) is 0. The molecule has 1 unspecified atom stereocenters. The number of nitrogens with two attached hydrogens (primary N) is 1. The van der Waals surface area contributed by atoms with Gasteiger partial charge >= 0.3 is 0 Å². The van der Waals surface area contributed by atoms with Crippen LogP contribution in [0.4, 0.5) is 0 Å². The summed E-state index contributed by atoms with van der Waals surface area (Å²) in [6.45, 7) is 2.93. The van der Waals surface area contributed by atoms with Gasteiger partial charge in [0.2, 0.25) is 0 Å². The standard InChI is InChI=1S/C16H25NO/c1-12-7-8-16(18-2)14(9-12)10-15(11-17)13-5-3-4-6-13/h7-9,13,15H,3-6,10-11,17H2,1-2H3. The van der Waals surface area contributed by atoms with Gasteiger partial charge in [-0.15, -0.1) is 0 Å². The maximum Gasteiger partial charge on any atom is 0.122 e. The Labute approximate surface area is 111 Å². The summed E-state index contributed by atoms with van der Waals surface area (Å²) in [5.41, 5.74) is 8.61. The van der Waals surface area contributed by atoms with Gasteiger partial charge in [-0.25, -0.2) is 0 Å². The number of rotatable bonds is 5. The lowest BCUT2D eigenvalue weighted by molar-refractivity contribution is 0.337. The smallest absolute Gasteiger partial charge is 0.122 e. The molecule has 18 heavy (non-hydrogen) atoms. The molecule has 1 aliphatic carbocycles. The molecule has 0 saturated heterocycles. The van der Waals surface area contributed by atoms with Crippen molar-refractivity contribution < 1.29 is 4.74 Å². The Kier molecular flexibility index (Phi) is 4.65. The van der Waals surface area contributed by atoms with Crippen LogP contribution in [-0.4, -0.2) is 13.7 Å². The third-order valence-electron chi connectivity index (χ3n) is 4.29. The number of ether oxygens (including phenoxy) is 1. The second kappa shape index (κ2) is 6.24. The highest BCUT2D eigenvalue weighted by molar-refractivity contribution is 5.37. The molecular weight excluding hydrogens is 222 g/mol. The van der Waals surface area contributed by atoms with Gasteiger partial charge in [0, 0.05) is 0 Å². The van der Waals surface area contributed by atoms with Gasteiger partial charge in [-0.1, -0.05) is 43.4 Å². The zero-order valence-corrected chi connectivity index (χ0v) is 11.6. The highest BCUT2D eigenvalue weighted by Crippen LogP contribution is 2.34. The molecule has 0 bridgehead atoms. The minimum atomic E-state index is 0.614. The highest BCUT2D eigenvalue weighted by atomic mass is 16.5. The van der Waals surface area contributed by atoms with Gasteiger partial charge in [0.1, 0.15) is 5.75 Å². The van der Waals surface area contributed by atoms with Crippen molar-refractivity contribution in [3.05, 3.63) is 29.3 Å². The molecule has 1 saturated carbocycles. The summed E-state index contributed by atoms with van der Waals surface area (Å²) in [6, 6.07) is 6.43. The monoisotopic (exact) mass is 247 g/mol. The van der Waals surface area contributed by atoms with Crippen LogP contribution in [0, 0.1) is 18.8 Å². The van der Waals surface area contributed by atoms with E-state index in [4.69, 9.17) is 10.5 Å². The second-order valence-electron chi connectivity index (χ2n) is 5.56. The Morgan fingerprint density at radius 3 is 2.67 bits per heavy atom. The minimum absolute atomic E-state index is 0.614. The summed E-state index contributed by atoms with van der Waals surface area (Å²) >= 11 is 0. The number of aryl methyl sites for hydroxylation is 1. The van der Waals surface area contributed by atoms with Gasteiger partial charge < -0.3 is 10.5 Å². The molecule has 0 aromatic heterocycles. The number of hydrogen-bond donors (Lipinski definition) is 1. The van der Waals surface area contributed by atoms with E-state index >= 15 is 0 Å². The molecule has 0 spiro atoms. The van der Waals surface area contributed by atoms with Crippen molar-refractivity contribution in [2.75, 3.05) is 13.7 Å². The topological polar surface area (TPSA) is 35.2 Å². The first-order chi connectivity index (χ1) is 8.74. The fraction of sp³-hybridized carbons (Fsp3) is 0.625. The summed E-state index contributed by atoms with van der Waals surface area (Å²) in [7, 11) is 1.75. The fourth-order valence-corrected chi connectivity index (χ4v) is 3.22. The van der Waals surface area contributed by atoms with Crippen LogP contribution in [0.3, 0.4) is 0 Å². The summed E-state index contributed by atoms with van der Waals surface area (Å²) in [5.74, 6) is 2.44. The largest absolute Gasteiger partial charge is 0.496 e. The highest BCUT2D eigenvalue weighted by Gasteiger charge is 2.24. The van der Waals surface area contributed by atoms with Crippen molar-refractivity contribution >= 4 is 0 Å². The van der Waals surface area contributed by atoms with Crippen LogP contribution in [-0.2, 0) is 6.42 Å². The van der Waals surface area contributed by atoms with E-state index in [1.807, 2.05) is 0 Å². The van der Waals surface area contributed by atoms with Crippen LogP contribution in [0.5, 0.6) is 5.75 Å². The van der Waals surface area contributed by atoms with Crippen molar-refractivity contribution in [3.8, 4) is 5.75 Å². The average molecular weight is 247 g/mol. The predicted octanol–water partition coefficient (Wildman–Crippen LogP) is 3.31. The SMILES string of the molecule is COc1ccc(C)cc1CC(CN)C1CCCC1. The maximum atomic E-state index is 5.99. The van der Waals surface area contributed by atoms with E-state index in [9.17, 15) is 0 Å². The number of methoxy groups -OCH3 is 1. The molecule has 2 heteroatoms. The van der Waals surface area contributed by atoms with E-state index in [0.29, 0.717) is 5.92 Å². The molecule has 2 nitrogen and oxygen atoms in total. The summed E-state index contributed by atoms with van der Waals surface area (Å²) in [6.07, 6.45) is 6.54. The minimum Gasteiger partial charge on any atom is -0.496 e. The van der Waals surface area contributed by atoms with Crippen LogP contribution >= 0.6 is 0 Å². The normalized spacial score (nSPS) is 17.9. The molecule has 2 rings (SSSR count). The molecular formula is C16H25NO. The van der Waals surface area contributed by atoms with Crippen molar-refractivity contribution in [2.24, 2.45) is 17.6 Å². The molecule has 0 amide bonds. The van der Waals surface area contributed by atoms with E-state index < -0.39 is 0 Å². The number of hydrogen-bond acceptors (Lipinski definition) is 2. The first-order valence-electron chi connectivity index (χ1n) is 7.08. The van der Waals surface area contributed by atoms with Gasteiger partial charge in [0.05, 0.1) is 7.11 Å². The van der Waals surface area contributed by atoms with Crippen molar-refractivity contribution in [3.63, 3.8) is 0 Å². The van der Waals surface area contributed by atoms with Gasteiger partial charge in [-0.05, 0) is 43.4 Å². The van der Waals surface area contributed by atoms with Crippen LogP contribution in [0.1, 0.15) is 36.8 Å². The van der Waals surface area contributed by atoms with E-state index in [-0.39, 0.29) is 0 Å². The lowest BCUT2D eigenvalue weighted by atomic mass is 9.85. The Balaban J connectivity index is 2.12. The second-order valence-corrected chi connectivity index (χ2v) is 5.56. The molecule has 1 aliphatic rings. The van der Waals surface area contributed by atoms with E-state index in [1.54, 1.807) is 7.11 Å².